The van der Waals surface area contributed by atoms with Crippen LogP contribution in [-0.2, 0) is 17.8 Å². The second-order valence-corrected chi connectivity index (χ2v) is 6.58. The molecule has 1 saturated heterocycles. The average molecular weight is 340 g/mol. The van der Waals surface area contributed by atoms with Gasteiger partial charge in [0.2, 0.25) is 11.5 Å². The molecule has 1 aliphatic heterocycles. The van der Waals surface area contributed by atoms with Crippen molar-refractivity contribution in [3.8, 4) is 0 Å². The monoisotopic (exact) mass is 340 g/mol. The van der Waals surface area contributed by atoms with Crippen molar-refractivity contribution in [3.63, 3.8) is 0 Å². The molecule has 25 heavy (non-hydrogen) atoms. The molecule has 3 heterocycles. The zero-order valence-corrected chi connectivity index (χ0v) is 14.3. The highest BCUT2D eigenvalue weighted by molar-refractivity contribution is 5.77. The summed E-state index contributed by atoms with van der Waals surface area (Å²) in [5, 5.41) is 2.93. The highest BCUT2D eigenvalue weighted by Crippen LogP contribution is 2.20. The van der Waals surface area contributed by atoms with Gasteiger partial charge in [0.1, 0.15) is 0 Å². The molecular weight excluding hydrogens is 316 g/mol. The molecule has 2 N–H and O–H groups in total. The smallest absolute Gasteiger partial charge is 0.247 e. The number of aromatic nitrogens is 2. The van der Waals surface area contributed by atoms with Crippen LogP contribution in [0.4, 0.5) is 0 Å². The molecule has 0 bridgehead atoms. The van der Waals surface area contributed by atoms with E-state index in [2.05, 4.69) is 20.2 Å². The van der Waals surface area contributed by atoms with Crippen LogP contribution in [0, 0.1) is 5.92 Å². The fourth-order valence-electron chi connectivity index (χ4n) is 3.20. The minimum Gasteiger partial charge on any atom is -0.349 e. The molecule has 0 aliphatic carbocycles. The van der Waals surface area contributed by atoms with Crippen molar-refractivity contribution in [2.75, 3.05) is 19.6 Å². The number of piperidine rings is 1. The van der Waals surface area contributed by atoms with Crippen molar-refractivity contribution >= 4 is 5.91 Å². The number of rotatable bonds is 6. The molecule has 0 atom stereocenters. The van der Waals surface area contributed by atoms with Gasteiger partial charge < -0.3 is 10.3 Å². The number of H-pyrrole nitrogens is 1. The second kappa shape index (κ2) is 8.58. The maximum Gasteiger partial charge on any atom is 0.247 e. The van der Waals surface area contributed by atoms with Crippen LogP contribution < -0.4 is 10.9 Å². The van der Waals surface area contributed by atoms with Crippen LogP contribution in [0.3, 0.4) is 0 Å². The third-order valence-corrected chi connectivity index (χ3v) is 4.64. The van der Waals surface area contributed by atoms with Crippen molar-refractivity contribution in [2.24, 2.45) is 5.92 Å². The first-order valence-corrected chi connectivity index (χ1v) is 8.75. The highest BCUT2D eigenvalue weighted by atomic mass is 16.2. The first-order chi connectivity index (χ1) is 12.2. The van der Waals surface area contributed by atoms with Gasteiger partial charge in [-0.25, -0.2) is 0 Å². The minimum absolute atomic E-state index is 0.0461. The molecular formula is C19H24N4O2. The van der Waals surface area contributed by atoms with Crippen LogP contribution in [0.1, 0.15) is 24.1 Å². The van der Waals surface area contributed by atoms with E-state index in [0.29, 0.717) is 19.0 Å². The zero-order valence-electron chi connectivity index (χ0n) is 14.3. The molecule has 6 heteroatoms. The molecule has 1 fully saturated rings. The Morgan fingerprint density at radius 2 is 2.08 bits per heavy atom. The summed E-state index contributed by atoms with van der Waals surface area (Å²) in [5.74, 6) is 0.656. The van der Waals surface area contributed by atoms with Gasteiger partial charge in [0.25, 0.3) is 0 Å². The van der Waals surface area contributed by atoms with Crippen LogP contribution in [0.5, 0.6) is 0 Å². The van der Waals surface area contributed by atoms with E-state index >= 15 is 0 Å². The van der Waals surface area contributed by atoms with E-state index in [1.54, 1.807) is 18.5 Å². The lowest BCUT2D eigenvalue weighted by atomic mass is 9.91. The lowest BCUT2D eigenvalue weighted by molar-refractivity contribution is -0.122. The molecule has 6 nitrogen and oxygen atoms in total. The third-order valence-electron chi connectivity index (χ3n) is 4.64. The second-order valence-electron chi connectivity index (χ2n) is 6.58. The number of nitrogens with one attached hydrogen (secondary N) is 2. The minimum atomic E-state index is -0.0599. The lowest BCUT2D eigenvalue weighted by Gasteiger charge is -2.31. The van der Waals surface area contributed by atoms with Crippen molar-refractivity contribution in [2.45, 2.75) is 25.8 Å². The Balaban J connectivity index is 1.37. The number of nitrogens with zero attached hydrogens (tertiary/aromatic N) is 2. The van der Waals surface area contributed by atoms with Crippen molar-refractivity contribution in [1.29, 1.82) is 0 Å². The van der Waals surface area contributed by atoms with E-state index in [1.165, 1.54) is 5.56 Å². The predicted octanol–water partition coefficient (Wildman–Crippen LogP) is 1.34. The van der Waals surface area contributed by atoms with Crippen LogP contribution in [0.2, 0.25) is 0 Å². The predicted molar refractivity (Wildman–Crippen MR) is 96.0 cm³/mol. The van der Waals surface area contributed by atoms with E-state index in [4.69, 9.17) is 0 Å². The maximum absolute atomic E-state index is 12.1. The standard InChI is InChI=1S/C19H24N4O2/c24-18-5-4-16(12-21-18)11-15-6-9-23(10-7-15)14-19(25)22-13-17-3-1-2-8-20-17/h1-5,8,12,15H,6-7,9-11,13-14H2,(H,21,24)(H,22,25). The number of likely N-dealkylation sites (tertiary alicyclic amines) is 1. The number of amides is 1. The summed E-state index contributed by atoms with van der Waals surface area (Å²) in [6.07, 6.45) is 6.67. The number of aromatic amines is 1. The van der Waals surface area contributed by atoms with Gasteiger partial charge in [0, 0.05) is 18.5 Å². The van der Waals surface area contributed by atoms with E-state index in [-0.39, 0.29) is 11.5 Å². The molecule has 0 saturated carbocycles. The molecule has 0 spiro atoms. The van der Waals surface area contributed by atoms with Gasteiger partial charge in [0.05, 0.1) is 18.8 Å². The lowest BCUT2D eigenvalue weighted by Crippen LogP contribution is -2.41. The van der Waals surface area contributed by atoms with Gasteiger partial charge in [0.15, 0.2) is 0 Å². The van der Waals surface area contributed by atoms with Gasteiger partial charge in [-0.05, 0) is 56.0 Å². The first kappa shape index (κ1) is 17.4. The van der Waals surface area contributed by atoms with E-state index in [9.17, 15) is 9.59 Å². The van der Waals surface area contributed by atoms with Gasteiger partial charge in [-0.3, -0.25) is 19.5 Å². The normalized spacial score (nSPS) is 15.8. The molecule has 3 rings (SSSR count). The summed E-state index contributed by atoms with van der Waals surface area (Å²) in [5.41, 5.74) is 1.98. The van der Waals surface area contributed by atoms with Crippen LogP contribution >= 0.6 is 0 Å². The Kier molecular flexibility index (Phi) is 5.95. The van der Waals surface area contributed by atoms with Gasteiger partial charge in [-0.1, -0.05) is 12.1 Å². The summed E-state index contributed by atoms with van der Waals surface area (Å²) in [6.45, 7) is 2.79. The Morgan fingerprint density at radius 1 is 1.24 bits per heavy atom. The molecule has 2 aromatic rings. The van der Waals surface area contributed by atoms with E-state index in [1.807, 2.05) is 24.3 Å². The molecule has 0 radical (unpaired) electrons. The number of pyridine rings is 2. The summed E-state index contributed by atoms with van der Waals surface area (Å²) < 4.78 is 0. The molecule has 0 aromatic carbocycles. The fraction of sp³-hybridized carbons (Fsp3) is 0.421. The summed E-state index contributed by atoms with van der Waals surface area (Å²) >= 11 is 0. The quantitative estimate of drug-likeness (QED) is 0.832. The Morgan fingerprint density at radius 3 is 2.76 bits per heavy atom. The van der Waals surface area contributed by atoms with Gasteiger partial charge in [-0.15, -0.1) is 0 Å². The number of hydrogen-bond donors (Lipinski definition) is 2. The van der Waals surface area contributed by atoms with Crippen LogP contribution in [-0.4, -0.2) is 40.4 Å². The van der Waals surface area contributed by atoms with Crippen LogP contribution in [0.15, 0.2) is 47.5 Å². The summed E-state index contributed by atoms with van der Waals surface area (Å²) in [4.78, 5) is 32.3. The van der Waals surface area contributed by atoms with Gasteiger partial charge >= 0.3 is 0 Å². The largest absolute Gasteiger partial charge is 0.349 e. The molecule has 1 aliphatic rings. The highest BCUT2D eigenvalue weighted by Gasteiger charge is 2.21. The molecule has 132 valence electrons. The van der Waals surface area contributed by atoms with Crippen LogP contribution in [0.25, 0.3) is 0 Å². The SMILES string of the molecule is O=C(CN1CCC(Cc2ccc(=O)[nH]c2)CC1)NCc1ccccn1. The fourth-order valence-corrected chi connectivity index (χ4v) is 3.20. The topological polar surface area (TPSA) is 78.1 Å². The van der Waals surface area contributed by atoms with Crippen molar-refractivity contribution in [1.82, 2.24) is 20.2 Å². The molecule has 1 amide bonds. The first-order valence-electron chi connectivity index (χ1n) is 8.75. The van der Waals surface area contributed by atoms with E-state index in [0.717, 1.165) is 38.0 Å². The third kappa shape index (κ3) is 5.53. The summed E-state index contributed by atoms with van der Waals surface area (Å²) in [7, 11) is 0. The van der Waals surface area contributed by atoms with E-state index < -0.39 is 0 Å². The molecule has 0 unspecified atom stereocenters. The van der Waals surface area contributed by atoms with Gasteiger partial charge in [-0.2, -0.15) is 0 Å². The zero-order chi connectivity index (χ0) is 17.5. The maximum atomic E-state index is 12.1. The Bertz CT molecular complexity index is 716. The van der Waals surface area contributed by atoms with Crippen molar-refractivity contribution < 1.29 is 4.79 Å². The van der Waals surface area contributed by atoms with Crippen molar-refractivity contribution in [3.05, 3.63) is 64.3 Å². The number of carbonyl (C=O) groups is 1. The molecule has 2 aromatic heterocycles. The Labute approximate surface area is 147 Å². The number of hydrogen-bond acceptors (Lipinski definition) is 4. The number of carbonyl (C=O) groups excluding carboxylic acids is 1. The average Bonchev–Trinajstić information content (AvgIpc) is 2.64. The summed E-state index contributed by atoms with van der Waals surface area (Å²) in [6, 6.07) is 9.17. The Hall–Kier alpha value is -2.47.